The summed E-state index contributed by atoms with van der Waals surface area (Å²) in [4.78, 5) is 13.6. The molecule has 2 aliphatic rings. The predicted molar refractivity (Wildman–Crippen MR) is 121 cm³/mol. The standard InChI is InChI=1S/C24H19F3N8O/c25-24(26,27)14-5-6-17(28-11-14)22-31-32-23(36-22)34-9-7-16-20(30-12-29-16)21(34)18-10-19-15(13-3-4-13)2-1-8-35(19)33-18/h1-2,5-6,8,10-13,21H,3-4,7,9H2,(H,29,30)/t21-/m1/s1. The second-order valence-corrected chi connectivity index (χ2v) is 9.07. The molecule has 5 aromatic rings. The van der Waals surface area contributed by atoms with Crippen LogP contribution in [0.2, 0.25) is 0 Å². The first-order chi connectivity index (χ1) is 17.5. The number of nitrogens with one attached hydrogen (secondary N) is 1. The number of fused-ring (bicyclic) bond motifs is 2. The van der Waals surface area contributed by atoms with Gasteiger partial charge >= 0.3 is 12.2 Å². The second kappa shape index (κ2) is 7.64. The van der Waals surface area contributed by atoms with Gasteiger partial charge in [-0.25, -0.2) is 9.50 Å². The Morgan fingerprint density at radius 1 is 1.08 bits per heavy atom. The molecule has 7 rings (SSSR count). The Morgan fingerprint density at radius 3 is 2.75 bits per heavy atom. The molecule has 6 heterocycles. The fraction of sp³-hybridized carbons (Fsp3) is 0.292. The van der Waals surface area contributed by atoms with E-state index in [1.165, 1.54) is 24.5 Å². The molecule has 0 bridgehead atoms. The van der Waals surface area contributed by atoms with Crippen molar-refractivity contribution in [3.05, 3.63) is 77.3 Å². The molecule has 5 aromatic heterocycles. The zero-order valence-electron chi connectivity index (χ0n) is 18.8. The number of alkyl halides is 3. The molecule has 1 N–H and O–H groups in total. The van der Waals surface area contributed by atoms with Crippen molar-refractivity contribution in [1.29, 1.82) is 0 Å². The average Bonchev–Trinajstić information content (AvgIpc) is 3.24. The van der Waals surface area contributed by atoms with E-state index in [0.29, 0.717) is 18.9 Å². The van der Waals surface area contributed by atoms with Crippen molar-refractivity contribution < 1.29 is 17.6 Å². The Kier molecular flexibility index (Phi) is 4.48. The third kappa shape index (κ3) is 3.43. The zero-order valence-corrected chi connectivity index (χ0v) is 18.8. The van der Waals surface area contributed by atoms with Crippen molar-refractivity contribution in [3.63, 3.8) is 0 Å². The van der Waals surface area contributed by atoms with Crippen molar-refractivity contribution in [2.75, 3.05) is 11.4 Å². The summed E-state index contributed by atoms with van der Waals surface area (Å²) >= 11 is 0. The smallest absolute Gasteiger partial charge is 0.402 e. The highest BCUT2D eigenvalue weighted by atomic mass is 19.4. The van der Waals surface area contributed by atoms with Crippen molar-refractivity contribution in [2.45, 2.75) is 37.4 Å². The molecule has 0 aromatic carbocycles. The molecular weight excluding hydrogens is 473 g/mol. The lowest BCUT2D eigenvalue weighted by atomic mass is 10.00. The van der Waals surface area contributed by atoms with Crippen LogP contribution < -0.4 is 4.90 Å². The van der Waals surface area contributed by atoms with Crippen LogP contribution in [0.1, 0.15) is 53.0 Å². The van der Waals surface area contributed by atoms with E-state index >= 15 is 0 Å². The van der Waals surface area contributed by atoms with E-state index in [1.54, 1.807) is 6.33 Å². The third-order valence-corrected chi connectivity index (χ3v) is 6.75. The van der Waals surface area contributed by atoms with E-state index in [4.69, 9.17) is 9.52 Å². The number of halogens is 3. The lowest BCUT2D eigenvalue weighted by Gasteiger charge is -2.32. The number of hydrogen-bond donors (Lipinski definition) is 1. The Balaban J connectivity index is 1.27. The van der Waals surface area contributed by atoms with Crippen LogP contribution in [0, 0.1) is 0 Å². The molecule has 1 atom stereocenters. The molecule has 1 aliphatic carbocycles. The van der Waals surface area contributed by atoms with Crippen molar-refractivity contribution >= 4 is 11.5 Å². The van der Waals surface area contributed by atoms with Crippen molar-refractivity contribution in [2.24, 2.45) is 0 Å². The minimum atomic E-state index is -4.47. The first-order valence-electron chi connectivity index (χ1n) is 11.6. The number of anilines is 1. The second-order valence-electron chi connectivity index (χ2n) is 9.07. The number of rotatable bonds is 4. The third-order valence-electron chi connectivity index (χ3n) is 6.75. The molecule has 9 nitrogen and oxygen atoms in total. The highest BCUT2D eigenvalue weighted by Gasteiger charge is 2.37. The van der Waals surface area contributed by atoms with Gasteiger partial charge in [0.2, 0.25) is 0 Å². The molecule has 0 spiro atoms. The number of H-pyrrole nitrogens is 1. The van der Waals surface area contributed by atoms with Crippen LogP contribution in [-0.4, -0.2) is 41.3 Å². The number of imidazole rings is 1. The molecule has 182 valence electrons. The SMILES string of the molecule is FC(F)(F)c1ccc(-c2nnc(N3CCc4[nH]cnc4[C@H]3c3cc4c(C5CC5)cccn4n3)o2)nc1. The molecular formula is C24H19F3N8O. The molecule has 0 radical (unpaired) electrons. The number of pyridine rings is 2. The maximum atomic E-state index is 12.9. The zero-order chi connectivity index (χ0) is 24.4. The largest absolute Gasteiger partial charge is 0.417 e. The van der Waals surface area contributed by atoms with Gasteiger partial charge in [-0.15, -0.1) is 5.10 Å². The van der Waals surface area contributed by atoms with Crippen LogP contribution in [0.15, 0.2) is 53.5 Å². The first-order valence-corrected chi connectivity index (χ1v) is 11.6. The molecule has 1 aliphatic heterocycles. The van der Waals surface area contributed by atoms with Gasteiger partial charge < -0.3 is 14.3 Å². The molecule has 36 heavy (non-hydrogen) atoms. The van der Waals surface area contributed by atoms with Gasteiger partial charge in [0.15, 0.2) is 0 Å². The monoisotopic (exact) mass is 492 g/mol. The summed E-state index contributed by atoms with van der Waals surface area (Å²) in [6.07, 6.45) is 2.93. The van der Waals surface area contributed by atoms with Crippen LogP contribution in [0.5, 0.6) is 0 Å². The van der Waals surface area contributed by atoms with Gasteiger partial charge in [-0.05, 0) is 48.6 Å². The summed E-state index contributed by atoms with van der Waals surface area (Å²) in [5, 5.41) is 13.1. The highest BCUT2D eigenvalue weighted by Crippen LogP contribution is 2.43. The molecule has 1 fully saturated rings. The Hall–Kier alpha value is -4.22. The minimum absolute atomic E-state index is 0.0383. The van der Waals surface area contributed by atoms with E-state index < -0.39 is 11.7 Å². The quantitative estimate of drug-likeness (QED) is 0.393. The highest BCUT2D eigenvalue weighted by molar-refractivity contribution is 5.60. The summed E-state index contributed by atoms with van der Waals surface area (Å²) in [5.74, 6) is 0.604. The summed E-state index contributed by atoms with van der Waals surface area (Å²) in [6, 6.07) is 8.27. The molecule has 1 saturated carbocycles. The Labute approximate surface area is 202 Å². The summed E-state index contributed by atoms with van der Waals surface area (Å²) in [6.45, 7) is 0.561. The van der Waals surface area contributed by atoms with Gasteiger partial charge in [-0.3, -0.25) is 4.98 Å². The van der Waals surface area contributed by atoms with E-state index in [2.05, 4.69) is 37.3 Å². The first kappa shape index (κ1) is 21.1. The van der Waals surface area contributed by atoms with Gasteiger partial charge in [0.1, 0.15) is 11.7 Å². The normalized spacial score (nSPS) is 18.1. The average molecular weight is 492 g/mol. The van der Waals surface area contributed by atoms with Gasteiger partial charge in [-0.2, -0.15) is 18.3 Å². The lowest BCUT2D eigenvalue weighted by Crippen LogP contribution is -2.36. The fourth-order valence-electron chi connectivity index (χ4n) is 4.83. The summed E-state index contributed by atoms with van der Waals surface area (Å²) in [7, 11) is 0. The summed E-state index contributed by atoms with van der Waals surface area (Å²) in [5.41, 5.74) is 4.31. The number of aromatic amines is 1. The van der Waals surface area contributed by atoms with Gasteiger partial charge in [-0.1, -0.05) is 11.2 Å². The van der Waals surface area contributed by atoms with Gasteiger partial charge in [0.25, 0.3) is 5.89 Å². The van der Waals surface area contributed by atoms with Crippen LogP contribution in [-0.2, 0) is 12.6 Å². The van der Waals surface area contributed by atoms with E-state index in [0.717, 1.165) is 34.9 Å². The van der Waals surface area contributed by atoms with Crippen LogP contribution in [0.3, 0.4) is 0 Å². The topological polar surface area (TPSA) is 101 Å². The van der Waals surface area contributed by atoms with E-state index in [9.17, 15) is 13.2 Å². The maximum absolute atomic E-state index is 12.9. The van der Waals surface area contributed by atoms with E-state index in [-0.39, 0.29) is 23.6 Å². The molecule has 0 amide bonds. The number of aromatic nitrogens is 7. The number of hydrogen-bond acceptors (Lipinski definition) is 7. The van der Waals surface area contributed by atoms with Crippen molar-refractivity contribution in [3.8, 4) is 11.6 Å². The van der Waals surface area contributed by atoms with Gasteiger partial charge in [0, 0.05) is 31.1 Å². The Bertz CT molecular complexity index is 1560. The summed E-state index contributed by atoms with van der Waals surface area (Å²) < 4.78 is 46.5. The Morgan fingerprint density at radius 2 is 1.97 bits per heavy atom. The van der Waals surface area contributed by atoms with Crippen LogP contribution >= 0.6 is 0 Å². The fourth-order valence-corrected chi connectivity index (χ4v) is 4.83. The molecule has 0 unspecified atom stereocenters. The van der Waals surface area contributed by atoms with Crippen LogP contribution in [0.4, 0.5) is 19.2 Å². The minimum Gasteiger partial charge on any atom is -0.402 e. The van der Waals surface area contributed by atoms with E-state index in [1.807, 2.05) is 21.7 Å². The lowest BCUT2D eigenvalue weighted by molar-refractivity contribution is -0.137. The van der Waals surface area contributed by atoms with Crippen LogP contribution in [0.25, 0.3) is 17.1 Å². The molecule has 12 heteroatoms. The molecule has 0 saturated heterocycles. The maximum Gasteiger partial charge on any atom is 0.417 e. The predicted octanol–water partition coefficient (Wildman–Crippen LogP) is 4.55. The van der Waals surface area contributed by atoms with Crippen molar-refractivity contribution in [1.82, 2.24) is 34.8 Å². The number of nitrogens with zero attached hydrogens (tertiary/aromatic N) is 7. The van der Waals surface area contributed by atoms with Gasteiger partial charge in [0.05, 0.1) is 28.8 Å².